The van der Waals surface area contributed by atoms with Gasteiger partial charge in [-0.05, 0) is 25.0 Å². The van der Waals surface area contributed by atoms with E-state index < -0.39 is 29.7 Å². The smallest absolute Gasteiger partial charge is 0.311 e. The Hall–Kier alpha value is -3.49. The van der Waals surface area contributed by atoms with Crippen molar-refractivity contribution in [1.82, 2.24) is 14.9 Å². The predicted octanol–water partition coefficient (Wildman–Crippen LogP) is 0.868. The highest BCUT2D eigenvalue weighted by Gasteiger charge is 2.48. The van der Waals surface area contributed by atoms with E-state index in [1.54, 1.807) is 18.2 Å². The van der Waals surface area contributed by atoms with Crippen LogP contribution in [0.5, 0.6) is 0 Å². The summed E-state index contributed by atoms with van der Waals surface area (Å²) in [7, 11) is 1.24. The van der Waals surface area contributed by atoms with Crippen LogP contribution in [0.2, 0.25) is 0 Å². The molecule has 0 radical (unpaired) electrons. The Labute approximate surface area is 166 Å². The molecular weight excluding hydrogens is 378 g/mol. The molecule has 4 amide bonds. The minimum Gasteiger partial charge on any atom is -0.469 e. The van der Waals surface area contributed by atoms with Gasteiger partial charge in [0.25, 0.3) is 17.7 Å². The first kappa shape index (κ1) is 18.9. The zero-order chi connectivity index (χ0) is 20.7. The van der Waals surface area contributed by atoms with Gasteiger partial charge in [0.15, 0.2) is 0 Å². The van der Waals surface area contributed by atoms with Crippen molar-refractivity contribution >= 4 is 29.6 Å². The number of carbonyl (C=O) groups is 5. The first-order chi connectivity index (χ1) is 13.9. The van der Waals surface area contributed by atoms with Crippen molar-refractivity contribution < 1.29 is 28.7 Å². The summed E-state index contributed by atoms with van der Waals surface area (Å²) in [5.41, 5.74) is 0.786. The molecule has 0 saturated carbocycles. The molecule has 29 heavy (non-hydrogen) atoms. The lowest BCUT2D eigenvalue weighted by atomic mass is 10.1. The van der Waals surface area contributed by atoms with E-state index >= 15 is 0 Å². The van der Waals surface area contributed by atoms with Crippen LogP contribution in [0.1, 0.15) is 46.4 Å². The van der Waals surface area contributed by atoms with Gasteiger partial charge in [0.1, 0.15) is 6.04 Å². The molecule has 1 aromatic carbocycles. The summed E-state index contributed by atoms with van der Waals surface area (Å²) in [6, 6.07) is 5.25. The SMILES string of the molecule is COC(=O)CC1=CCCN2C(=O)CCC(N3C(=O)c4ccccc4C3=O)C(=O)N12. The topological polar surface area (TPSA) is 104 Å². The summed E-state index contributed by atoms with van der Waals surface area (Å²) in [5, 5.41) is 2.43. The van der Waals surface area contributed by atoms with E-state index in [-0.39, 0.29) is 42.8 Å². The fourth-order valence-corrected chi connectivity index (χ4v) is 3.94. The number of imide groups is 1. The van der Waals surface area contributed by atoms with E-state index in [1.165, 1.54) is 24.3 Å². The molecule has 1 atom stereocenters. The lowest BCUT2D eigenvalue weighted by molar-refractivity contribution is -0.160. The molecule has 1 fully saturated rings. The van der Waals surface area contributed by atoms with Crippen LogP contribution in [0.4, 0.5) is 0 Å². The van der Waals surface area contributed by atoms with Crippen LogP contribution in [0.15, 0.2) is 36.0 Å². The molecule has 4 rings (SSSR count). The van der Waals surface area contributed by atoms with Crippen LogP contribution in [-0.4, -0.2) is 64.2 Å². The van der Waals surface area contributed by atoms with Gasteiger partial charge in [-0.15, -0.1) is 0 Å². The van der Waals surface area contributed by atoms with Gasteiger partial charge in [-0.1, -0.05) is 18.2 Å². The number of amides is 4. The van der Waals surface area contributed by atoms with Gasteiger partial charge >= 0.3 is 5.97 Å². The number of ether oxygens (including phenoxy) is 1. The van der Waals surface area contributed by atoms with Gasteiger partial charge in [0.05, 0.1) is 30.4 Å². The van der Waals surface area contributed by atoms with Crippen molar-refractivity contribution in [3.63, 3.8) is 0 Å². The maximum absolute atomic E-state index is 13.4. The molecule has 1 unspecified atom stereocenters. The molecule has 0 aliphatic carbocycles. The van der Waals surface area contributed by atoms with Crippen LogP contribution in [0.3, 0.4) is 0 Å². The van der Waals surface area contributed by atoms with Crippen LogP contribution in [-0.2, 0) is 19.1 Å². The second-order valence-electron chi connectivity index (χ2n) is 6.98. The standard InChI is InChI=1S/C20H19N3O6/c1-29-17(25)11-12-5-4-10-21-16(24)9-8-15(20(28)23(12)21)22-18(26)13-6-2-3-7-14(13)19(22)27/h2-3,5-7,15H,4,8-11H2,1H3. The average Bonchev–Trinajstić information content (AvgIpc) is 2.90. The molecular formula is C20H19N3O6. The molecule has 0 aromatic heterocycles. The van der Waals surface area contributed by atoms with Crippen molar-refractivity contribution in [2.45, 2.75) is 31.7 Å². The number of nitrogens with zero attached hydrogens (tertiary/aromatic N) is 3. The Morgan fingerprint density at radius 1 is 1.10 bits per heavy atom. The molecule has 150 valence electrons. The average molecular weight is 397 g/mol. The number of benzene rings is 1. The fourth-order valence-electron chi connectivity index (χ4n) is 3.94. The van der Waals surface area contributed by atoms with E-state index in [4.69, 9.17) is 0 Å². The van der Waals surface area contributed by atoms with Gasteiger partial charge in [-0.3, -0.25) is 28.9 Å². The van der Waals surface area contributed by atoms with Crippen LogP contribution in [0.25, 0.3) is 0 Å². The van der Waals surface area contributed by atoms with Crippen LogP contribution < -0.4 is 0 Å². The lowest BCUT2D eigenvalue weighted by Gasteiger charge is -2.39. The van der Waals surface area contributed by atoms with Crippen LogP contribution >= 0.6 is 0 Å². The number of rotatable bonds is 3. The largest absolute Gasteiger partial charge is 0.469 e. The minimum atomic E-state index is -1.13. The van der Waals surface area contributed by atoms with Gasteiger partial charge in [0.2, 0.25) is 5.91 Å². The zero-order valence-electron chi connectivity index (χ0n) is 15.8. The predicted molar refractivity (Wildman–Crippen MR) is 97.9 cm³/mol. The van der Waals surface area contributed by atoms with Gasteiger partial charge in [0, 0.05) is 13.0 Å². The quantitative estimate of drug-likeness (QED) is 0.554. The van der Waals surface area contributed by atoms with Crippen molar-refractivity contribution in [3.05, 3.63) is 47.2 Å². The molecule has 0 bridgehead atoms. The van der Waals surface area contributed by atoms with E-state index in [0.717, 1.165) is 9.91 Å². The number of hydrogen-bond acceptors (Lipinski definition) is 6. The number of hydrogen-bond donors (Lipinski definition) is 0. The molecule has 3 aliphatic rings. The van der Waals surface area contributed by atoms with Crippen molar-refractivity contribution in [3.8, 4) is 0 Å². The molecule has 1 aromatic rings. The maximum Gasteiger partial charge on any atom is 0.311 e. The number of esters is 1. The molecule has 3 aliphatic heterocycles. The van der Waals surface area contributed by atoms with E-state index in [9.17, 15) is 24.0 Å². The number of fused-ring (bicyclic) bond motifs is 2. The van der Waals surface area contributed by atoms with Gasteiger partial charge in [-0.25, -0.2) is 10.0 Å². The first-order valence-corrected chi connectivity index (χ1v) is 9.31. The Kier molecular flexibility index (Phi) is 4.65. The third-order valence-corrected chi connectivity index (χ3v) is 5.34. The Morgan fingerprint density at radius 2 is 1.76 bits per heavy atom. The van der Waals surface area contributed by atoms with E-state index in [0.29, 0.717) is 12.1 Å². The molecule has 0 spiro atoms. The lowest BCUT2D eigenvalue weighted by Crippen LogP contribution is -2.55. The van der Waals surface area contributed by atoms with Crippen molar-refractivity contribution in [1.29, 1.82) is 0 Å². The monoisotopic (exact) mass is 397 g/mol. The molecule has 3 heterocycles. The minimum absolute atomic E-state index is 0.00577. The molecule has 1 saturated heterocycles. The summed E-state index contributed by atoms with van der Waals surface area (Å²) in [4.78, 5) is 64.5. The highest BCUT2D eigenvalue weighted by atomic mass is 16.5. The Morgan fingerprint density at radius 3 is 2.38 bits per heavy atom. The summed E-state index contributed by atoms with van der Waals surface area (Å²) in [6.07, 6.45) is 2.02. The maximum atomic E-state index is 13.4. The molecule has 9 heteroatoms. The number of carbonyl (C=O) groups excluding carboxylic acids is 5. The first-order valence-electron chi connectivity index (χ1n) is 9.31. The Bertz CT molecular complexity index is 934. The zero-order valence-corrected chi connectivity index (χ0v) is 15.8. The van der Waals surface area contributed by atoms with Gasteiger partial charge < -0.3 is 4.74 Å². The van der Waals surface area contributed by atoms with Gasteiger partial charge in [-0.2, -0.15) is 0 Å². The normalized spacial score (nSPS) is 21.6. The Balaban J connectivity index is 1.71. The number of hydrazine groups is 1. The van der Waals surface area contributed by atoms with Crippen molar-refractivity contribution in [2.75, 3.05) is 13.7 Å². The van der Waals surface area contributed by atoms with E-state index in [1.807, 2.05) is 0 Å². The third-order valence-electron chi connectivity index (χ3n) is 5.34. The number of methoxy groups -OCH3 is 1. The van der Waals surface area contributed by atoms with Crippen molar-refractivity contribution in [2.24, 2.45) is 0 Å². The second kappa shape index (κ2) is 7.16. The highest BCUT2D eigenvalue weighted by molar-refractivity contribution is 6.23. The second-order valence-corrected chi connectivity index (χ2v) is 6.98. The summed E-state index contributed by atoms with van der Waals surface area (Å²) < 4.78 is 4.69. The summed E-state index contributed by atoms with van der Waals surface area (Å²) >= 11 is 0. The third kappa shape index (κ3) is 2.98. The molecule has 9 nitrogen and oxygen atoms in total. The summed E-state index contributed by atoms with van der Waals surface area (Å²) in [6.45, 7) is 0.282. The van der Waals surface area contributed by atoms with Crippen LogP contribution in [0, 0.1) is 0 Å². The molecule has 0 N–H and O–H groups in total. The van der Waals surface area contributed by atoms with E-state index in [2.05, 4.69) is 4.74 Å². The fraction of sp³-hybridized carbons (Fsp3) is 0.350. The summed E-state index contributed by atoms with van der Waals surface area (Å²) in [5.74, 6) is -2.55. The highest BCUT2D eigenvalue weighted by Crippen LogP contribution is 2.32.